The quantitative estimate of drug-likeness (QED) is 0.718. The molecule has 0 aromatic heterocycles. The number of hydrogen-bond donors (Lipinski definition) is 1. The number of sulfonamides is 1. The number of morpholine rings is 1. The lowest BCUT2D eigenvalue weighted by Gasteiger charge is -2.26. The van der Waals surface area contributed by atoms with Crippen molar-refractivity contribution in [2.75, 3.05) is 32.9 Å². The monoisotopic (exact) mass is 438 g/mol. The lowest BCUT2D eigenvalue weighted by Crippen LogP contribution is -2.43. The van der Waals surface area contributed by atoms with E-state index in [0.29, 0.717) is 26.3 Å². The molecule has 29 heavy (non-hydrogen) atoms. The summed E-state index contributed by atoms with van der Waals surface area (Å²) in [7, 11) is -3.77. The van der Waals surface area contributed by atoms with Gasteiger partial charge in [-0.3, -0.25) is 4.79 Å². The fourth-order valence-electron chi connectivity index (χ4n) is 2.92. The third-order valence-electron chi connectivity index (χ3n) is 4.56. The number of benzene rings is 2. The van der Waals surface area contributed by atoms with E-state index < -0.39 is 16.1 Å². The Morgan fingerprint density at radius 3 is 2.55 bits per heavy atom. The van der Waals surface area contributed by atoms with Crippen molar-refractivity contribution in [1.82, 2.24) is 9.62 Å². The highest BCUT2D eigenvalue weighted by molar-refractivity contribution is 7.89. The zero-order valence-electron chi connectivity index (χ0n) is 16.0. The molecule has 1 atom stereocenters. The van der Waals surface area contributed by atoms with Gasteiger partial charge in [-0.05, 0) is 30.7 Å². The summed E-state index contributed by atoms with van der Waals surface area (Å²) in [5, 5.41) is 0.120. The Morgan fingerprint density at radius 2 is 1.90 bits per heavy atom. The van der Waals surface area contributed by atoms with Crippen LogP contribution in [-0.4, -0.2) is 52.1 Å². The maximum atomic E-state index is 12.7. The first-order chi connectivity index (χ1) is 13.9. The van der Waals surface area contributed by atoms with Gasteiger partial charge in [-0.25, -0.2) is 13.1 Å². The average Bonchev–Trinajstić information content (AvgIpc) is 2.73. The van der Waals surface area contributed by atoms with Gasteiger partial charge in [0.25, 0.3) is 5.91 Å². The Morgan fingerprint density at radius 1 is 1.21 bits per heavy atom. The second-order valence-electron chi connectivity index (χ2n) is 6.63. The van der Waals surface area contributed by atoms with Crippen LogP contribution >= 0.6 is 11.6 Å². The van der Waals surface area contributed by atoms with Crippen molar-refractivity contribution >= 4 is 27.5 Å². The van der Waals surface area contributed by atoms with Crippen molar-refractivity contribution in [3.63, 3.8) is 0 Å². The lowest BCUT2D eigenvalue weighted by atomic mass is 10.1. The van der Waals surface area contributed by atoms with Gasteiger partial charge in [-0.15, -0.1) is 0 Å². The van der Waals surface area contributed by atoms with Crippen molar-refractivity contribution in [3.8, 4) is 5.75 Å². The van der Waals surface area contributed by atoms with E-state index in [-0.39, 0.29) is 28.2 Å². The third kappa shape index (κ3) is 5.70. The summed E-state index contributed by atoms with van der Waals surface area (Å²) < 4.78 is 38.7. The van der Waals surface area contributed by atoms with Crippen LogP contribution in [0.25, 0.3) is 0 Å². The molecule has 0 unspecified atom stereocenters. The first-order valence-corrected chi connectivity index (χ1v) is 11.1. The van der Waals surface area contributed by atoms with E-state index in [9.17, 15) is 13.2 Å². The first-order valence-electron chi connectivity index (χ1n) is 9.22. The highest BCUT2D eigenvalue weighted by Crippen LogP contribution is 2.28. The van der Waals surface area contributed by atoms with Crippen molar-refractivity contribution in [2.45, 2.75) is 17.9 Å². The number of carbonyl (C=O) groups is 1. The van der Waals surface area contributed by atoms with E-state index in [1.165, 1.54) is 18.2 Å². The highest BCUT2D eigenvalue weighted by Gasteiger charge is 2.21. The Hall–Kier alpha value is -2.13. The van der Waals surface area contributed by atoms with Crippen LogP contribution in [0.5, 0.6) is 5.75 Å². The minimum Gasteiger partial charge on any atom is -0.482 e. The minimum absolute atomic E-state index is 0.0251. The summed E-state index contributed by atoms with van der Waals surface area (Å²) in [5.74, 6) is 0.0859. The van der Waals surface area contributed by atoms with Gasteiger partial charge in [-0.2, -0.15) is 0 Å². The van der Waals surface area contributed by atoms with Gasteiger partial charge in [0.2, 0.25) is 10.0 Å². The number of ether oxygens (including phenoxy) is 2. The van der Waals surface area contributed by atoms with Crippen LogP contribution < -0.4 is 9.46 Å². The average molecular weight is 439 g/mol. The van der Waals surface area contributed by atoms with Crippen LogP contribution in [0.2, 0.25) is 5.02 Å². The summed E-state index contributed by atoms with van der Waals surface area (Å²) in [6.07, 6.45) is 0. The molecule has 1 fully saturated rings. The molecule has 1 saturated heterocycles. The molecule has 1 heterocycles. The summed E-state index contributed by atoms with van der Waals surface area (Å²) >= 11 is 6.20. The standard InChI is InChI=1S/C20H23ClN2O5S/c1-15(16-5-3-2-4-6-16)22-29(25,26)17-7-8-19(18(21)13-17)28-14-20(24)23-9-11-27-12-10-23/h2-8,13,15,22H,9-12,14H2,1H3/t15-/m1/s1. The maximum absolute atomic E-state index is 12.7. The van der Waals surface area contributed by atoms with Crippen molar-refractivity contribution < 1.29 is 22.7 Å². The molecule has 0 bridgehead atoms. The maximum Gasteiger partial charge on any atom is 0.260 e. The van der Waals surface area contributed by atoms with Crippen LogP contribution in [0.15, 0.2) is 53.4 Å². The smallest absolute Gasteiger partial charge is 0.260 e. The summed E-state index contributed by atoms with van der Waals surface area (Å²) in [6, 6.07) is 13.0. The number of rotatable bonds is 7. The van der Waals surface area contributed by atoms with Crippen LogP contribution in [-0.2, 0) is 19.6 Å². The predicted octanol–water partition coefficient (Wildman–Crippen LogP) is 2.62. The molecule has 0 radical (unpaired) electrons. The van der Waals surface area contributed by atoms with E-state index in [4.69, 9.17) is 21.1 Å². The molecule has 9 heteroatoms. The van der Waals surface area contributed by atoms with E-state index in [1.54, 1.807) is 11.8 Å². The summed E-state index contributed by atoms with van der Waals surface area (Å²) in [4.78, 5) is 13.8. The van der Waals surface area contributed by atoms with Gasteiger partial charge in [0.05, 0.1) is 23.1 Å². The van der Waals surface area contributed by atoms with Crippen molar-refractivity contribution in [1.29, 1.82) is 0 Å². The Kier molecular flexibility index (Phi) is 7.13. The van der Waals surface area contributed by atoms with Crippen molar-refractivity contribution in [2.24, 2.45) is 0 Å². The third-order valence-corrected chi connectivity index (χ3v) is 6.39. The molecule has 1 N–H and O–H groups in total. The molecule has 0 spiro atoms. The zero-order valence-corrected chi connectivity index (χ0v) is 17.6. The molecule has 1 amide bonds. The van der Waals surface area contributed by atoms with Gasteiger partial charge in [0.15, 0.2) is 6.61 Å². The van der Waals surface area contributed by atoms with Gasteiger partial charge in [0, 0.05) is 19.1 Å². The molecule has 0 saturated carbocycles. The fraction of sp³-hybridized carbons (Fsp3) is 0.350. The summed E-state index contributed by atoms with van der Waals surface area (Å²) in [6.45, 7) is 3.66. The van der Waals surface area contributed by atoms with Gasteiger partial charge in [0.1, 0.15) is 5.75 Å². The van der Waals surface area contributed by atoms with Crippen molar-refractivity contribution in [3.05, 3.63) is 59.1 Å². The van der Waals surface area contributed by atoms with Gasteiger partial charge >= 0.3 is 0 Å². The lowest BCUT2D eigenvalue weighted by molar-refractivity contribution is -0.137. The number of hydrogen-bond acceptors (Lipinski definition) is 5. The van der Waals surface area contributed by atoms with E-state index in [1.807, 2.05) is 30.3 Å². The van der Waals surface area contributed by atoms with E-state index in [2.05, 4.69) is 4.72 Å². The highest BCUT2D eigenvalue weighted by atomic mass is 35.5. The number of nitrogens with zero attached hydrogens (tertiary/aromatic N) is 1. The first kappa shape index (κ1) is 21.6. The second kappa shape index (κ2) is 9.58. The second-order valence-corrected chi connectivity index (χ2v) is 8.75. The number of carbonyl (C=O) groups excluding carboxylic acids is 1. The van der Waals surface area contributed by atoms with Gasteiger partial charge in [-0.1, -0.05) is 41.9 Å². The van der Waals surface area contributed by atoms with Crippen LogP contribution in [0.1, 0.15) is 18.5 Å². The van der Waals surface area contributed by atoms with Crippen LogP contribution in [0.3, 0.4) is 0 Å². The molecule has 2 aromatic rings. The number of halogens is 1. The van der Waals surface area contributed by atoms with Gasteiger partial charge < -0.3 is 14.4 Å². The number of nitrogens with one attached hydrogen (secondary N) is 1. The van der Waals surface area contributed by atoms with E-state index in [0.717, 1.165) is 5.56 Å². The van der Waals surface area contributed by atoms with Crippen LogP contribution in [0.4, 0.5) is 0 Å². The zero-order chi connectivity index (χ0) is 20.9. The number of amides is 1. The molecule has 0 aliphatic carbocycles. The Labute approximate surface area is 175 Å². The molecule has 156 valence electrons. The molecule has 2 aromatic carbocycles. The Balaban J connectivity index is 1.64. The SMILES string of the molecule is C[C@@H](NS(=O)(=O)c1ccc(OCC(=O)N2CCOCC2)c(Cl)c1)c1ccccc1. The minimum atomic E-state index is -3.77. The van der Waals surface area contributed by atoms with Crippen LogP contribution in [0, 0.1) is 0 Å². The molecule has 3 rings (SSSR count). The molecular weight excluding hydrogens is 416 g/mol. The molecule has 1 aliphatic rings. The molecule has 1 aliphatic heterocycles. The fourth-order valence-corrected chi connectivity index (χ4v) is 4.48. The summed E-state index contributed by atoms with van der Waals surface area (Å²) in [5.41, 5.74) is 0.851. The largest absolute Gasteiger partial charge is 0.482 e. The molecular formula is C20H23ClN2O5S. The normalized spacial score (nSPS) is 15.7. The molecule has 7 nitrogen and oxygen atoms in total. The Bertz CT molecular complexity index is 947. The topological polar surface area (TPSA) is 84.9 Å². The van der Waals surface area contributed by atoms with E-state index >= 15 is 0 Å². The predicted molar refractivity (Wildman–Crippen MR) is 110 cm³/mol.